The molecule has 0 amide bonds. The number of nitrogens with one attached hydrogen (secondary N) is 1. The smallest absolute Gasteiger partial charge is 0.331 e. The van der Waals surface area contributed by atoms with Gasteiger partial charge < -0.3 is 9.47 Å². The topological polar surface area (TPSA) is 108 Å². The van der Waals surface area contributed by atoms with Crippen molar-refractivity contribution >= 4 is 19.4 Å². The fraction of sp³-hybridized carbons (Fsp3) is 0.481. The van der Waals surface area contributed by atoms with E-state index in [1.807, 2.05) is 64.1 Å². The maximum absolute atomic E-state index is 14.0. The van der Waals surface area contributed by atoms with Crippen molar-refractivity contribution in [1.82, 2.24) is 5.09 Å². The molecule has 0 fully saturated rings. The molecule has 3 atom stereocenters. The Bertz CT molecular complexity index is 1010. The largest absolute Gasteiger partial charge is 0.465 e. The monoisotopic (exact) mass is 502 g/mol. The van der Waals surface area contributed by atoms with E-state index in [0.717, 1.165) is 12.0 Å². The summed E-state index contributed by atoms with van der Waals surface area (Å²) in [5.41, 5.74) is 4.72. The summed E-state index contributed by atoms with van der Waals surface area (Å²) in [4.78, 5) is 26.5. The molecule has 3 N–H and O–H groups in total. The van der Waals surface area contributed by atoms with Crippen molar-refractivity contribution in [3.05, 3.63) is 71.8 Å². The number of unbranched alkanes of at least 4 members (excludes halogenated alkanes) is 1. The zero-order valence-corrected chi connectivity index (χ0v) is 22.3. The van der Waals surface area contributed by atoms with Gasteiger partial charge in [0.15, 0.2) is 0 Å². The molecule has 8 heteroatoms. The molecule has 35 heavy (non-hydrogen) atoms. The maximum Gasteiger partial charge on any atom is 0.331 e. The first-order valence-electron chi connectivity index (χ1n) is 12.0. The van der Waals surface area contributed by atoms with Crippen LogP contribution in [0, 0.1) is 5.41 Å². The van der Waals surface area contributed by atoms with Crippen LogP contribution in [-0.4, -0.2) is 30.8 Å². The Balaban J connectivity index is 2.42. The molecule has 0 saturated heterocycles. The molecular weight excluding hydrogens is 463 g/mol. The van der Waals surface area contributed by atoms with Gasteiger partial charge in [-0.1, -0.05) is 94.8 Å². The highest BCUT2D eigenvalue weighted by molar-refractivity contribution is 7.61. The lowest BCUT2D eigenvalue weighted by atomic mass is 9.93. The van der Waals surface area contributed by atoms with Gasteiger partial charge >= 0.3 is 11.9 Å². The van der Waals surface area contributed by atoms with E-state index in [4.69, 9.17) is 15.0 Å². The fourth-order valence-electron chi connectivity index (χ4n) is 3.48. The molecule has 0 radical (unpaired) electrons. The van der Waals surface area contributed by atoms with Crippen LogP contribution in [0.1, 0.15) is 58.6 Å². The Morgan fingerprint density at radius 3 is 2.09 bits per heavy atom. The number of ether oxygens (including phenoxy) is 2. The summed E-state index contributed by atoms with van der Waals surface area (Å²) >= 11 is 0. The van der Waals surface area contributed by atoms with Gasteiger partial charge in [-0.3, -0.25) is 14.9 Å². The van der Waals surface area contributed by atoms with Gasteiger partial charge in [0.2, 0.25) is 7.44 Å². The number of hydrogen-bond acceptors (Lipinski definition) is 5. The Morgan fingerprint density at radius 2 is 1.54 bits per heavy atom. The average Bonchev–Trinajstić information content (AvgIpc) is 2.81. The second kappa shape index (κ2) is 12.5. The van der Waals surface area contributed by atoms with Crippen molar-refractivity contribution in [2.45, 2.75) is 65.1 Å². The zero-order chi connectivity index (χ0) is 26.1. The van der Waals surface area contributed by atoms with Gasteiger partial charge in [-0.25, -0.2) is 9.88 Å². The van der Waals surface area contributed by atoms with Gasteiger partial charge in [0, 0.05) is 0 Å². The van der Waals surface area contributed by atoms with Crippen molar-refractivity contribution in [2.75, 3.05) is 13.2 Å². The Morgan fingerprint density at radius 1 is 0.971 bits per heavy atom. The van der Waals surface area contributed by atoms with Gasteiger partial charge in [-0.2, -0.15) is 0 Å². The summed E-state index contributed by atoms with van der Waals surface area (Å²) < 4.78 is 25.1. The second-order valence-corrected chi connectivity index (χ2v) is 12.4. The summed E-state index contributed by atoms with van der Waals surface area (Å²) in [6, 6.07) is 18.0. The molecular formula is C27H39N2O5P. The minimum atomic E-state index is -4.00. The molecule has 3 unspecified atom stereocenters. The molecule has 0 aromatic heterocycles. The molecule has 0 heterocycles. The van der Waals surface area contributed by atoms with E-state index in [1.54, 1.807) is 31.2 Å². The third kappa shape index (κ3) is 8.60. The number of nitrogens with two attached hydrogens (primary N) is 1. The predicted molar refractivity (Wildman–Crippen MR) is 139 cm³/mol. The van der Waals surface area contributed by atoms with Crippen molar-refractivity contribution in [1.29, 1.82) is 0 Å². The van der Waals surface area contributed by atoms with Gasteiger partial charge in [-0.05, 0) is 36.3 Å². The molecule has 2 aromatic rings. The Hall–Kier alpha value is -2.47. The molecule has 192 valence electrons. The van der Waals surface area contributed by atoms with E-state index in [1.165, 1.54) is 0 Å². The van der Waals surface area contributed by atoms with Crippen LogP contribution in [0.15, 0.2) is 60.7 Å². The summed E-state index contributed by atoms with van der Waals surface area (Å²) in [5.74, 6) is -1.28. The molecule has 0 aliphatic rings. The standard InChI is InChI=1S/C27H39N2O5P/c1-6-7-18-33-24(30)23(19-21-14-10-8-11-15-21)35(28,32)29-27(5,22-16-12-9-13-17-22)25(31)34-20-26(2,3)4/h8-17,23H,6-7,18-20H2,1-5H3,(H3,28,29,32). The van der Waals surface area contributed by atoms with Crippen LogP contribution in [-0.2, 0) is 35.6 Å². The van der Waals surface area contributed by atoms with Crippen LogP contribution < -0.4 is 10.6 Å². The van der Waals surface area contributed by atoms with Crippen molar-refractivity contribution in [2.24, 2.45) is 10.9 Å². The number of benzene rings is 2. The number of esters is 2. The molecule has 2 aromatic carbocycles. The maximum atomic E-state index is 14.0. The van der Waals surface area contributed by atoms with Crippen LogP contribution in [0.4, 0.5) is 0 Å². The van der Waals surface area contributed by atoms with Gasteiger partial charge in [0.1, 0.15) is 11.2 Å². The second-order valence-electron chi connectivity index (χ2n) is 10.2. The number of carbonyl (C=O) groups is 2. The normalized spacial score (nSPS) is 15.9. The first kappa shape index (κ1) is 28.8. The van der Waals surface area contributed by atoms with Gasteiger partial charge in [0.25, 0.3) is 0 Å². The first-order chi connectivity index (χ1) is 16.4. The lowest BCUT2D eigenvalue weighted by molar-refractivity contribution is -0.153. The van der Waals surface area contributed by atoms with E-state index in [9.17, 15) is 14.2 Å². The SMILES string of the molecule is CCCCOC(=O)C(Cc1ccccc1)P(N)(=O)NC(C)(C(=O)OCC(C)(C)C)c1ccccc1. The summed E-state index contributed by atoms with van der Waals surface area (Å²) in [6.45, 7) is 9.78. The van der Waals surface area contributed by atoms with Gasteiger partial charge in [0.05, 0.1) is 13.2 Å². The predicted octanol–water partition coefficient (Wildman–Crippen LogP) is 5.19. The van der Waals surface area contributed by atoms with Gasteiger partial charge in [-0.15, -0.1) is 0 Å². The van der Waals surface area contributed by atoms with Crippen LogP contribution >= 0.6 is 7.44 Å². The quantitative estimate of drug-likeness (QED) is 0.234. The Labute approximate surface area is 209 Å². The number of hydrogen-bond donors (Lipinski definition) is 2. The third-order valence-corrected chi connectivity index (χ3v) is 7.66. The van der Waals surface area contributed by atoms with Crippen LogP contribution in [0.25, 0.3) is 0 Å². The highest BCUT2D eigenvalue weighted by atomic mass is 31.2. The molecule has 0 bridgehead atoms. The summed E-state index contributed by atoms with van der Waals surface area (Å²) in [7, 11) is -4.00. The molecule has 0 aliphatic carbocycles. The average molecular weight is 503 g/mol. The lowest BCUT2D eigenvalue weighted by Gasteiger charge is -2.35. The van der Waals surface area contributed by atoms with E-state index in [0.29, 0.717) is 12.0 Å². The van der Waals surface area contributed by atoms with Crippen molar-refractivity contribution < 1.29 is 23.6 Å². The van der Waals surface area contributed by atoms with Crippen molar-refractivity contribution in [3.8, 4) is 0 Å². The minimum absolute atomic E-state index is 0.106. The highest BCUT2D eigenvalue weighted by Gasteiger charge is 2.47. The molecule has 0 spiro atoms. The van der Waals surface area contributed by atoms with Crippen LogP contribution in [0.3, 0.4) is 0 Å². The Kier molecular flexibility index (Phi) is 10.3. The third-order valence-electron chi connectivity index (χ3n) is 5.54. The number of carbonyl (C=O) groups excluding carboxylic acids is 2. The van der Waals surface area contributed by atoms with Crippen LogP contribution in [0.2, 0.25) is 0 Å². The molecule has 0 aliphatic heterocycles. The van der Waals surface area contributed by atoms with E-state index < -0.39 is 30.6 Å². The van der Waals surface area contributed by atoms with E-state index in [-0.39, 0.29) is 25.0 Å². The minimum Gasteiger partial charge on any atom is -0.465 e. The summed E-state index contributed by atoms with van der Waals surface area (Å²) in [5, 5.41) is 2.87. The van der Waals surface area contributed by atoms with Crippen LogP contribution in [0.5, 0.6) is 0 Å². The summed E-state index contributed by atoms with van der Waals surface area (Å²) in [6.07, 6.45) is 1.64. The molecule has 2 rings (SSSR count). The number of rotatable bonds is 12. The van der Waals surface area contributed by atoms with E-state index in [2.05, 4.69) is 5.09 Å². The fourth-order valence-corrected chi connectivity index (χ4v) is 5.42. The first-order valence-corrected chi connectivity index (χ1v) is 13.8. The lowest BCUT2D eigenvalue weighted by Crippen LogP contribution is -2.50. The van der Waals surface area contributed by atoms with E-state index >= 15 is 0 Å². The van der Waals surface area contributed by atoms with Crippen molar-refractivity contribution in [3.63, 3.8) is 0 Å². The molecule has 7 nitrogen and oxygen atoms in total. The molecule has 0 saturated carbocycles. The highest BCUT2D eigenvalue weighted by Crippen LogP contribution is 2.45. The zero-order valence-electron chi connectivity index (χ0n) is 21.5.